The molecule has 1 amide bonds. The van der Waals surface area contributed by atoms with Gasteiger partial charge in [-0.2, -0.15) is 5.10 Å². The summed E-state index contributed by atoms with van der Waals surface area (Å²) in [7, 11) is 0. The number of amides is 1. The zero-order valence-electron chi connectivity index (χ0n) is 14.4. The molecule has 0 aliphatic carbocycles. The molecule has 0 unspecified atom stereocenters. The molecule has 3 aromatic carbocycles. The van der Waals surface area contributed by atoms with E-state index in [9.17, 15) is 9.59 Å². The molecule has 0 aliphatic rings. The standard InChI is InChI=1S/C21H14BrClN2O3/c22-18-7-3-1-5-16(18)21(27)28-15-11-9-14(10-12-15)13-24-25-20(26)17-6-2-4-8-19(17)23/h1-13H,(H,25,26)/b24-13+. The van der Waals surface area contributed by atoms with E-state index in [-0.39, 0.29) is 0 Å². The summed E-state index contributed by atoms with van der Waals surface area (Å²) in [6.45, 7) is 0. The Labute approximate surface area is 175 Å². The first-order valence-electron chi connectivity index (χ1n) is 8.19. The number of nitrogens with one attached hydrogen (secondary N) is 1. The molecule has 140 valence electrons. The van der Waals surface area contributed by atoms with Crippen molar-refractivity contribution in [1.82, 2.24) is 5.43 Å². The number of carbonyl (C=O) groups is 2. The van der Waals surface area contributed by atoms with E-state index < -0.39 is 11.9 Å². The highest BCUT2D eigenvalue weighted by atomic mass is 79.9. The second kappa shape index (κ2) is 9.30. The summed E-state index contributed by atoms with van der Waals surface area (Å²) in [6.07, 6.45) is 1.48. The Hall–Kier alpha value is -2.96. The molecule has 0 heterocycles. The minimum atomic E-state index is -0.458. The van der Waals surface area contributed by atoms with Crippen molar-refractivity contribution in [2.24, 2.45) is 5.10 Å². The molecular formula is C21H14BrClN2O3. The van der Waals surface area contributed by atoms with Crippen LogP contribution in [0, 0.1) is 0 Å². The van der Waals surface area contributed by atoms with Gasteiger partial charge in [0.15, 0.2) is 0 Å². The Kier molecular flexibility index (Phi) is 6.57. The average Bonchev–Trinajstić information content (AvgIpc) is 2.70. The number of carbonyl (C=O) groups excluding carboxylic acids is 2. The Balaban J connectivity index is 1.59. The largest absolute Gasteiger partial charge is 0.423 e. The van der Waals surface area contributed by atoms with Crippen molar-refractivity contribution in [1.29, 1.82) is 0 Å². The third kappa shape index (κ3) is 5.06. The predicted octanol–water partition coefficient (Wildman–Crippen LogP) is 5.09. The van der Waals surface area contributed by atoms with Crippen molar-refractivity contribution in [3.05, 3.63) is 99.0 Å². The molecule has 3 aromatic rings. The predicted molar refractivity (Wildman–Crippen MR) is 112 cm³/mol. The quantitative estimate of drug-likeness (QED) is 0.251. The van der Waals surface area contributed by atoms with Gasteiger partial charge < -0.3 is 4.74 Å². The first-order valence-corrected chi connectivity index (χ1v) is 9.36. The van der Waals surface area contributed by atoms with Crippen molar-refractivity contribution in [2.45, 2.75) is 0 Å². The van der Waals surface area contributed by atoms with Crippen LogP contribution in [0.2, 0.25) is 5.02 Å². The fourth-order valence-electron chi connectivity index (χ4n) is 2.28. The highest BCUT2D eigenvalue weighted by Gasteiger charge is 2.11. The fourth-order valence-corrected chi connectivity index (χ4v) is 2.95. The van der Waals surface area contributed by atoms with Gasteiger partial charge >= 0.3 is 5.97 Å². The smallest absolute Gasteiger partial charge is 0.344 e. The van der Waals surface area contributed by atoms with Crippen LogP contribution in [0.1, 0.15) is 26.3 Å². The Morgan fingerprint density at radius 2 is 1.57 bits per heavy atom. The van der Waals surface area contributed by atoms with E-state index in [1.54, 1.807) is 66.7 Å². The number of benzene rings is 3. The van der Waals surface area contributed by atoms with Crippen LogP contribution in [-0.4, -0.2) is 18.1 Å². The van der Waals surface area contributed by atoms with Gasteiger partial charge in [-0.3, -0.25) is 4.79 Å². The van der Waals surface area contributed by atoms with Crippen LogP contribution >= 0.6 is 27.5 Å². The first kappa shape index (κ1) is 19.8. The highest BCUT2D eigenvalue weighted by molar-refractivity contribution is 9.10. The molecule has 0 spiro atoms. The molecule has 0 saturated heterocycles. The molecule has 0 radical (unpaired) electrons. The van der Waals surface area contributed by atoms with E-state index in [0.717, 1.165) is 5.56 Å². The Morgan fingerprint density at radius 1 is 0.929 bits per heavy atom. The third-order valence-electron chi connectivity index (χ3n) is 3.68. The van der Waals surface area contributed by atoms with Crippen molar-refractivity contribution in [2.75, 3.05) is 0 Å². The lowest BCUT2D eigenvalue weighted by Gasteiger charge is -2.06. The number of hydrazone groups is 1. The molecule has 28 heavy (non-hydrogen) atoms. The van der Waals surface area contributed by atoms with Crippen molar-refractivity contribution in [3.63, 3.8) is 0 Å². The van der Waals surface area contributed by atoms with E-state index in [0.29, 0.717) is 26.4 Å². The molecule has 7 heteroatoms. The summed E-state index contributed by atoms with van der Waals surface area (Å²) in [5, 5.41) is 4.26. The first-order chi connectivity index (χ1) is 13.5. The SMILES string of the molecule is O=C(N/N=C/c1ccc(OC(=O)c2ccccc2Br)cc1)c1ccccc1Cl. The van der Waals surface area contributed by atoms with Gasteiger partial charge in [-0.1, -0.05) is 35.9 Å². The van der Waals surface area contributed by atoms with Gasteiger partial charge in [0, 0.05) is 4.47 Å². The molecule has 1 N–H and O–H groups in total. The van der Waals surface area contributed by atoms with Crippen LogP contribution in [-0.2, 0) is 0 Å². The molecule has 0 atom stereocenters. The summed E-state index contributed by atoms with van der Waals surface area (Å²) in [5.41, 5.74) is 3.92. The highest BCUT2D eigenvalue weighted by Crippen LogP contribution is 2.19. The lowest BCUT2D eigenvalue weighted by atomic mass is 10.2. The fraction of sp³-hybridized carbons (Fsp3) is 0. The van der Waals surface area contributed by atoms with E-state index in [1.807, 2.05) is 6.07 Å². The van der Waals surface area contributed by atoms with Crippen LogP contribution in [0.3, 0.4) is 0 Å². The van der Waals surface area contributed by atoms with E-state index in [2.05, 4.69) is 26.5 Å². The van der Waals surface area contributed by atoms with Gasteiger partial charge in [0.25, 0.3) is 5.91 Å². The minimum absolute atomic E-state index is 0.343. The molecule has 0 fully saturated rings. The second-order valence-corrected chi connectivity index (χ2v) is 6.88. The summed E-state index contributed by atoms with van der Waals surface area (Å²) >= 11 is 9.29. The van der Waals surface area contributed by atoms with Crippen LogP contribution in [0.25, 0.3) is 0 Å². The summed E-state index contributed by atoms with van der Waals surface area (Å²) in [4.78, 5) is 24.2. The van der Waals surface area contributed by atoms with Gasteiger partial charge in [-0.05, 0) is 70.0 Å². The number of esters is 1. The van der Waals surface area contributed by atoms with Crippen molar-refractivity contribution < 1.29 is 14.3 Å². The summed E-state index contributed by atoms with van der Waals surface area (Å²) in [5.74, 6) is -0.459. The van der Waals surface area contributed by atoms with Crippen LogP contribution in [0.15, 0.2) is 82.4 Å². The van der Waals surface area contributed by atoms with E-state index >= 15 is 0 Å². The molecule has 0 aromatic heterocycles. The second-order valence-electron chi connectivity index (χ2n) is 5.62. The maximum atomic E-state index is 12.2. The van der Waals surface area contributed by atoms with Gasteiger partial charge in [0.05, 0.1) is 22.4 Å². The van der Waals surface area contributed by atoms with Crippen molar-refractivity contribution >= 4 is 45.6 Å². The van der Waals surface area contributed by atoms with Gasteiger partial charge in [-0.25, -0.2) is 10.2 Å². The number of hydrogen-bond acceptors (Lipinski definition) is 4. The Bertz CT molecular complexity index is 1040. The maximum Gasteiger partial charge on any atom is 0.344 e. The number of rotatable bonds is 5. The Morgan fingerprint density at radius 3 is 2.25 bits per heavy atom. The van der Waals surface area contributed by atoms with E-state index in [4.69, 9.17) is 16.3 Å². The number of halogens is 2. The van der Waals surface area contributed by atoms with Crippen LogP contribution in [0.5, 0.6) is 5.75 Å². The van der Waals surface area contributed by atoms with E-state index in [1.165, 1.54) is 6.21 Å². The maximum absolute atomic E-state index is 12.2. The van der Waals surface area contributed by atoms with Crippen LogP contribution < -0.4 is 10.2 Å². The molecule has 5 nitrogen and oxygen atoms in total. The number of nitrogens with zero attached hydrogens (tertiary/aromatic N) is 1. The lowest BCUT2D eigenvalue weighted by molar-refractivity contribution is 0.0733. The molecule has 0 saturated carbocycles. The third-order valence-corrected chi connectivity index (χ3v) is 4.70. The number of hydrogen-bond donors (Lipinski definition) is 1. The number of ether oxygens (including phenoxy) is 1. The van der Waals surface area contributed by atoms with Gasteiger partial charge in [0.1, 0.15) is 5.75 Å². The molecule has 0 bridgehead atoms. The van der Waals surface area contributed by atoms with Crippen LogP contribution in [0.4, 0.5) is 0 Å². The van der Waals surface area contributed by atoms with Crippen molar-refractivity contribution in [3.8, 4) is 5.75 Å². The molecule has 3 rings (SSSR count). The van der Waals surface area contributed by atoms with Gasteiger partial charge in [0.2, 0.25) is 0 Å². The molecule has 0 aliphatic heterocycles. The minimum Gasteiger partial charge on any atom is -0.423 e. The zero-order valence-corrected chi connectivity index (χ0v) is 16.8. The summed E-state index contributed by atoms with van der Waals surface area (Å²) < 4.78 is 6.02. The topological polar surface area (TPSA) is 67.8 Å². The lowest BCUT2D eigenvalue weighted by Crippen LogP contribution is -2.17. The average molecular weight is 458 g/mol. The normalized spacial score (nSPS) is 10.6. The molecular weight excluding hydrogens is 444 g/mol. The monoisotopic (exact) mass is 456 g/mol. The zero-order chi connectivity index (χ0) is 19.9. The van der Waals surface area contributed by atoms with Gasteiger partial charge in [-0.15, -0.1) is 0 Å². The summed E-state index contributed by atoms with van der Waals surface area (Å²) in [6, 6.07) is 20.5.